The number of nitriles is 2. The Hall–Kier alpha value is -2.35. The Morgan fingerprint density at radius 1 is 1.21 bits per heavy atom. The minimum absolute atomic E-state index is 0.272. The molecule has 0 spiro atoms. The normalized spacial score (nSPS) is 22.0. The van der Waals surface area contributed by atoms with Crippen molar-refractivity contribution in [3.8, 4) is 12.1 Å². The standard InChI is InChI=1S/C17H16N4O2S/c18-10-13(11-19)14(12-4-2-1-3-5-12)15-16(22)20-17(24-15)21-6-8-23-9-7-21/h1-5,13-15H,6-9H2/t14-,15+/m1/s1. The van der Waals surface area contributed by atoms with Crippen LogP contribution in [0.25, 0.3) is 0 Å². The summed E-state index contributed by atoms with van der Waals surface area (Å²) in [6.07, 6.45) is 0. The van der Waals surface area contributed by atoms with Crippen LogP contribution in [-0.2, 0) is 9.53 Å². The number of nitrogens with zero attached hydrogens (tertiary/aromatic N) is 4. The van der Waals surface area contributed by atoms with Crippen molar-refractivity contribution in [2.24, 2.45) is 10.9 Å². The molecule has 2 aliphatic rings. The van der Waals surface area contributed by atoms with Crippen LogP contribution >= 0.6 is 11.8 Å². The number of carbonyl (C=O) groups excluding carboxylic acids is 1. The number of amides is 1. The summed E-state index contributed by atoms with van der Waals surface area (Å²) >= 11 is 1.36. The van der Waals surface area contributed by atoms with Gasteiger partial charge in [0.1, 0.15) is 11.2 Å². The molecular formula is C17H16N4O2S. The van der Waals surface area contributed by atoms with Gasteiger partial charge >= 0.3 is 0 Å². The number of morpholine rings is 1. The fraction of sp³-hybridized carbons (Fsp3) is 0.412. The van der Waals surface area contributed by atoms with E-state index in [2.05, 4.69) is 4.99 Å². The first-order valence-corrected chi connectivity index (χ1v) is 8.58. The second-order valence-electron chi connectivity index (χ2n) is 5.54. The number of rotatable bonds is 3. The summed E-state index contributed by atoms with van der Waals surface area (Å²) in [6.45, 7) is 2.61. The molecule has 3 rings (SSSR count). The van der Waals surface area contributed by atoms with Crippen LogP contribution in [0.1, 0.15) is 11.5 Å². The van der Waals surface area contributed by atoms with Crippen LogP contribution in [0.15, 0.2) is 35.3 Å². The maximum atomic E-state index is 12.5. The van der Waals surface area contributed by atoms with Crippen LogP contribution in [0.3, 0.4) is 0 Å². The average Bonchev–Trinajstić information content (AvgIpc) is 3.02. The molecule has 6 nitrogen and oxygen atoms in total. The predicted molar refractivity (Wildman–Crippen MR) is 90.1 cm³/mol. The van der Waals surface area contributed by atoms with Gasteiger partial charge in [-0.25, -0.2) is 0 Å². The fourth-order valence-electron chi connectivity index (χ4n) is 2.88. The van der Waals surface area contributed by atoms with Gasteiger partial charge in [-0.15, -0.1) is 0 Å². The zero-order chi connectivity index (χ0) is 16.9. The first-order valence-electron chi connectivity index (χ1n) is 7.70. The lowest BCUT2D eigenvalue weighted by Gasteiger charge is -2.28. The first-order chi connectivity index (χ1) is 11.7. The van der Waals surface area contributed by atoms with Crippen LogP contribution in [0.4, 0.5) is 0 Å². The highest BCUT2D eigenvalue weighted by atomic mass is 32.2. The van der Waals surface area contributed by atoms with E-state index in [-0.39, 0.29) is 5.91 Å². The third-order valence-corrected chi connectivity index (χ3v) is 5.42. The topological polar surface area (TPSA) is 89.5 Å². The van der Waals surface area contributed by atoms with Gasteiger partial charge in [-0.3, -0.25) is 4.79 Å². The van der Waals surface area contributed by atoms with E-state index in [1.54, 1.807) is 0 Å². The molecule has 1 aromatic rings. The van der Waals surface area contributed by atoms with Crippen molar-refractivity contribution in [1.82, 2.24) is 4.90 Å². The molecule has 0 N–H and O–H groups in total. The van der Waals surface area contributed by atoms with Crippen LogP contribution in [-0.4, -0.2) is 47.5 Å². The van der Waals surface area contributed by atoms with Gasteiger partial charge in [0.05, 0.1) is 25.4 Å². The number of ether oxygens (including phenoxy) is 1. The van der Waals surface area contributed by atoms with E-state index >= 15 is 0 Å². The van der Waals surface area contributed by atoms with E-state index in [9.17, 15) is 15.3 Å². The lowest BCUT2D eigenvalue weighted by atomic mass is 9.84. The molecule has 2 heterocycles. The third-order valence-electron chi connectivity index (χ3n) is 4.11. The minimum Gasteiger partial charge on any atom is -0.378 e. The molecule has 122 valence electrons. The predicted octanol–water partition coefficient (Wildman–Crippen LogP) is 1.76. The number of carbonyl (C=O) groups is 1. The molecule has 0 radical (unpaired) electrons. The van der Waals surface area contributed by atoms with E-state index < -0.39 is 17.1 Å². The van der Waals surface area contributed by atoms with Crippen molar-refractivity contribution in [2.75, 3.05) is 26.3 Å². The molecule has 0 unspecified atom stereocenters. The number of aliphatic imine (C=N–C) groups is 1. The number of hydrogen-bond donors (Lipinski definition) is 0. The van der Waals surface area contributed by atoms with E-state index in [1.165, 1.54) is 11.8 Å². The summed E-state index contributed by atoms with van der Waals surface area (Å²) in [6, 6.07) is 13.3. The number of thioether (sulfide) groups is 1. The van der Waals surface area contributed by atoms with E-state index in [1.807, 2.05) is 47.4 Å². The van der Waals surface area contributed by atoms with Gasteiger partial charge in [-0.2, -0.15) is 15.5 Å². The quantitative estimate of drug-likeness (QED) is 0.833. The van der Waals surface area contributed by atoms with Gasteiger partial charge < -0.3 is 9.64 Å². The molecule has 1 saturated heterocycles. The summed E-state index contributed by atoms with van der Waals surface area (Å²) in [5.41, 5.74) is 0.815. The number of amidine groups is 1. The summed E-state index contributed by atoms with van der Waals surface area (Å²) in [5, 5.41) is 18.8. The first kappa shape index (κ1) is 16.5. The lowest BCUT2D eigenvalue weighted by Crippen LogP contribution is -2.39. The molecule has 0 bridgehead atoms. The SMILES string of the molecule is N#CC(C#N)[C@@H](c1ccccc1)[C@@H]1SC(N2CCOCC2)=NC1=O. The van der Waals surface area contributed by atoms with Crippen molar-refractivity contribution in [1.29, 1.82) is 10.5 Å². The molecule has 0 aromatic heterocycles. The molecule has 24 heavy (non-hydrogen) atoms. The zero-order valence-corrected chi connectivity index (χ0v) is 13.8. The average molecular weight is 340 g/mol. The smallest absolute Gasteiger partial charge is 0.262 e. The maximum absolute atomic E-state index is 12.5. The molecule has 0 aliphatic carbocycles. The Morgan fingerprint density at radius 2 is 1.88 bits per heavy atom. The Balaban J connectivity index is 1.86. The second-order valence-corrected chi connectivity index (χ2v) is 6.65. The summed E-state index contributed by atoms with van der Waals surface area (Å²) in [7, 11) is 0. The van der Waals surface area contributed by atoms with E-state index in [0.717, 1.165) is 5.56 Å². The Bertz CT molecular complexity index is 702. The van der Waals surface area contributed by atoms with Crippen molar-refractivity contribution >= 4 is 22.8 Å². The highest BCUT2D eigenvalue weighted by Crippen LogP contribution is 2.39. The minimum atomic E-state index is -0.895. The maximum Gasteiger partial charge on any atom is 0.262 e. The van der Waals surface area contributed by atoms with Crippen LogP contribution < -0.4 is 0 Å². The van der Waals surface area contributed by atoms with Crippen LogP contribution in [0.5, 0.6) is 0 Å². The van der Waals surface area contributed by atoms with Crippen molar-refractivity contribution in [2.45, 2.75) is 11.2 Å². The lowest BCUT2D eigenvalue weighted by molar-refractivity contribution is -0.117. The Kier molecular flexibility index (Phi) is 5.14. The highest BCUT2D eigenvalue weighted by Gasteiger charge is 2.42. The third kappa shape index (κ3) is 3.28. The molecule has 2 atom stereocenters. The van der Waals surface area contributed by atoms with Gasteiger partial charge in [-0.05, 0) is 5.56 Å². The van der Waals surface area contributed by atoms with Crippen molar-refractivity contribution < 1.29 is 9.53 Å². The van der Waals surface area contributed by atoms with Gasteiger partial charge in [-0.1, -0.05) is 42.1 Å². The number of benzene rings is 1. The summed E-state index contributed by atoms with van der Waals surface area (Å²) in [5.74, 6) is -1.67. The van der Waals surface area contributed by atoms with Crippen LogP contribution in [0.2, 0.25) is 0 Å². The van der Waals surface area contributed by atoms with E-state index in [4.69, 9.17) is 4.74 Å². The highest BCUT2D eigenvalue weighted by molar-refractivity contribution is 8.15. The molecular weight excluding hydrogens is 324 g/mol. The summed E-state index contributed by atoms with van der Waals surface area (Å²) in [4.78, 5) is 18.7. The molecule has 0 saturated carbocycles. The molecule has 1 fully saturated rings. The zero-order valence-electron chi connectivity index (χ0n) is 13.0. The van der Waals surface area contributed by atoms with Gasteiger partial charge in [0, 0.05) is 19.0 Å². The second kappa shape index (κ2) is 7.48. The molecule has 2 aliphatic heterocycles. The molecule has 7 heteroatoms. The Morgan fingerprint density at radius 3 is 2.50 bits per heavy atom. The Labute approximate surface area is 144 Å². The van der Waals surface area contributed by atoms with Gasteiger partial charge in [0.15, 0.2) is 5.17 Å². The van der Waals surface area contributed by atoms with Crippen LogP contribution in [0, 0.1) is 28.6 Å². The van der Waals surface area contributed by atoms with Crippen molar-refractivity contribution in [3.63, 3.8) is 0 Å². The van der Waals surface area contributed by atoms with E-state index in [0.29, 0.717) is 31.5 Å². The fourth-order valence-corrected chi connectivity index (χ4v) is 4.20. The monoisotopic (exact) mass is 340 g/mol. The molecule has 1 amide bonds. The summed E-state index contributed by atoms with van der Waals surface area (Å²) < 4.78 is 5.33. The van der Waals surface area contributed by atoms with Gasteiger partial charge in [0.25, 0.3) is 5.91 Å². The van der Waals surface area contributed by atoms with Gasteiger partial charge in [0.2, 0.25) is 0 Å². The molecule has 1 aromatic carbocycles. The number of hydrogen-bond acceptors (Lipinski definition) is 6. The van der Waals surface area contributed by atoms with Crippen molar-refractivity contribution in [3.05, 3.63) is 35.9 Å². The largest absolute Gasteiger partial charge is 0.378 e.